The number of carbonyl (C=O) groups is 1. The van der Waals surface area contributed by atoms with Gasteiger partial charge in [0.1, 0.15) is 19.3 Å². The van der Waals surface area contributed by atoms with Crippen LogP contribution in [0.2, 0.25) is 0 Å². The molecule has 0 aromatic rings. The lowest BCUT2D eigenvalue weighted by Gasteiger charge is -2.24. The number of unbranched alkanes of at least 4 members (excludes halogenated alkanes) is 29. The fraction of sp³-hybridized carbons (Fsp3) is 0.868. The molecule has 0 amide bonds. The molecule has 0 aromatic carbocycles. The number of phosphoric acid groups is 1. The molecular formula is C53H103NO7P+. The predicted octanol–water partition coefficient (Wildman–Crippen LogP) is 16.1. The summed E-state index contributed by atoms with van der Waals surface area (Å²) in [5.74, 6) is -0.320. The van der Waals surface area contributed by atoms with Gasteiger partial charge in [-0.3, -0.25) is 13.8 Å². The van der Waals surface area contributed by atoms with Gasteiger partial charge < -0.3 is 18.9 Å². The van der Waals surface area contributed by atoms with E-state index in [-0.39, 0.29) is 25.8 Å². The van der Waals surface area contributed by atoms with Gasteiger partial charge >= 0.3 is 13.8 Å². The van der Waals surface area contributed by atoms with Gasteiger partial charge in [0, 0.05) is 13.0 Å². The zero-order valence-electron chi connectivity index (χ0n) is 41.6. The van der Waals surface area contributed by atoms with E-state index in [9.17, 15) is 14.3 Å². The molecule has 8 nitrogen and oxygen atoms in total. The van der Waals surface area contributed by atoms with Crippen LogP contribution in [0, 0.1) is 0 Å². The van der Waals surface area contributed by atoms with E-state index in [1.54, 1.807) is 0 Å². The smallest absolute Gasteiger partial charge is 0.457 e. The zero-order chi connectivity index (χ0) is 45.5. The van der Waals surface area contributed by atoms with Crippen molar-refractivity contribution in [3.8, 4) is 0 Å². The number of hydrogen-bond acceptors (Lipinski definition) is 6. The molecule has 2 unspecified atom stereocenters. The van der Waals surface area contributed by atoms with Crippen LogP contribution in [-0.2, 0) is 27.9 Å². The first-order chi connectivity index (χ1) is 30.1. The highest BCUT2D eigenvalue weighted by Gasteiger charge is 2.26. The van der Waals surface area contributed by atoms with Crippen LogP contribution in [0.5, 0.6) is 0 Å². The highest BCUT2D eigenvalue weighted by atomic mass is 31.2. The summed E-state index contributed by atoms with van der Waals surface area (Å²) in [7, 11) is 1.67. The van der Waals surface area contributed by atoms with E-state index in [0.717, 1.165) is 51.4 Å². The molecule has 0 radical (unpaired) electrons. The third kappa shape index (κ3) is 49.7. The summed E-state index contributed by atoms with van der Waals surface area (Å²) in [6, 6.07) is 0. The van der Waals surface area contributed by atoms with Gasteiger partial charge in [0.15, 0.2) is 0 Å². The number of esters is 1. The van der Waals surface area contributed by atoms with E-state index in [2.05, 4.69) is 50.3 Å². The summed E-state index contributed by atoms with van der Waals surface area (Å²) in [6.45, 7) is 5.62. The van der Waals surface area contributed by atoms with E-state index >= 15 is 0 Å². The predicted molar refractivity (Wildman–Crippen MR) is 266 cm³/mol. The largest absolute Gasteiger partial charge is 0.472 e. The highest BCUT2D eigenvalue weighted by Crippen LogP contribution is 2.43. The molecule has 1 N–H and O–H groups in total. The average molecular weight is 897 g/mol. The molecule has 0 bridgehead atoms. The van der Waals surface area contributed by atoms with Crippen LogP contribution in [0.4, 0.5) is 0 Å². The van der Waals surface area contributed by atoms with Gasteiger partial charge in [0.05, 0.1) is 34.4 Å². The van der Waals surface area contributed by atoms with Crippen LogP contribution in [0.15, 0.2) is 36.5 Å². The van der Waals surface area contributed by atoms with Crippen molar-refractivity contribution in [1.82, 2.24) is 0 Å². The molecule has 0 spiro atoms. The Morgan fingerprint density at radius 1 is 0.500 bits per heavy atom. The SMILES string of the molecule is CCCCCCC/C=C\C/C=C\CCCCCCCCCCCCCCCCOCC(COP(=O)(O)OCC[N+](C)(C)C)OC(=O)CCCCCCC/C=C\CCCCCCC. The van der Waals surface area contributed by atoms with Crippen molar-refractivity contribution in [2.45, 2.75) is 245 Å². The quantitative estimate of drug-likeness (QED) is 0.0214. The number of ether oxygens (including phenoxy) is 2. The molecule has 62 heavy (non-hydrogen) atoms. The van der Waals surface area contributed by atoms with Gasteiger partial charge in [0.2, 0.25) is 0 Å². The zero-order valence-corrected chi connectivity index (χ0v) is 42.5. The summed E-state index contributed by atoms with van der Waals surface area (Å²) in [6.07, 6.45) is 56.2. The molecule has 366 valence electrons. The Labute approximate surface area is 385 Å². The molecule has 0 fully saturated rings. The van der Waals surface area contributed by atoms with E-state index in [1.807, 2.05) is 21.1 Å². The number of rotatable bonds is 49. The fourth-order valence-electron chi connectivity index (χ4n) is 7.34. The Balaban J connectivity index is 4.05. The molecule has 0 aliphatic carbocycles. The van der Waals surface area contributed by atoms with Gasteiger partial charge in [0.25, 0.3) is 0 Å². The standard InChI is InChI=1S/C53H102NO7P/c1-6-8-10-12-14-16-18-20-22-23-24-25-26-27-28-29-30-31-32-33-35-37-39-41-43-45-48-58-50-52(51-60-62(56,57)59-49-47-54(3,4)5)61-53(55)46-44-42-40-38-36-34-21-19-17-15-13-11-9-7-2/h18-21,23-24,52H,6-17,22,25-51H2,1-5H3/p+1/b20-18-,21-19-,24-23-. The molecular weight excluding hydrogens is 794 g/mol. The van der Waals surface area contributed by atoms with E-state index < -0.39 is 13.9 Å². The first-order valence-electron chi connectivity index (χ1n) is 26.2. The number of allylic oxidation sites excluding steroid dienone is 6. The number of phosphoric ester groups is 1. The number of carbonyl (C=O) groups excluding carboxylic acids is 1. The minimum Gasteiger partial charge on any atom is -0.457 e. The second-order valence-corrected chi connectivity index (χ2v) is 20.4. The Morgan fingerprint density at radius 2 is 0.887 bits per heavy atom. The number of nitrogens with zero attached hydrogens (tertiary/aromatic N) is 1. The van der Waals surface area contributed by atoms with Crippen molar-refractivity contribution in [2.24, 2.45) is 0 Å². The van der Waals surface area contributed by atoms with Gasteiger partial charge in [-0.15, -0.1) is 0 Å². The number of quaternary nitrogens is 1. The van der Waals surface area contributed by atoms with E-state index in [0.29, 0.717) is 24.1 Å². The molecule has 0 heterocycles. The summed E-state index contributed by atoms with van der Waals surface area (Å²) in [5, 5.41) is 0. The van der Waals surface area contributed by atoms with Crippen molar-refractivity contribution < 1.29 is 37.3 Å². The Morgan fingerprint density at radius 3 is 1.32 bits per heavy atom. The van der Waals surface area contributed by atoms with Crippen molar-refractivity contribution in [1.29, 1.82) is 0 Å². The highest BCUT2D eigenvalue weighted by molar-refractivity contribution is 7.47. The van der Waals surface area contributed by atoms with Gasteiger partial charge in [-0.1, -0.05) is 198 Å². The molecule has 0 aliphatic rings. The normalized spacial score (nSPS) is 13.8. The van der Waals surface area contributed by atoms with Crippen LogP contribution >= 0.6 is 7.82 Å². The van der Waals surface area contributed by atoms with Crippen LogP contribution in [0.1, 0.15) is 239 Å². The molecule has 0 saturated carbocycles. The minimum absolute atomic E-state index is 0.0878. The van der Waals surface area contributed by atoms with E-state index in [4.69, 9.17) is 18.5 Å². The molecule has 9 heteroatoms. The summed E-state index contributed by atoms with van der Waals surface area (Å²) < 4.78 is 35.1. The van der Waals surface area contributed by atoms with Gasteiger partial charge in [-0.2, -0.15) is 0 Å². The second kappa shape index (κ2) is 46.3. The minimum atomic E-state index is -4.28. The maximum absolute atomic E-state index is 12.7. The van der Waals surface area contributed by atoms with Crippen molar-refractivity contribution >= 4 is 13.8 Å². The second-order valence-electron chi connectivity index (χ2n) is 18.9. The van der Waals surface area contributed by atoms with Gasteiger partial charge in [-0.05, 0) is 70.6 Å². The van der Waals surface area contributed by atoms with Crippen molar-refractivity contribution in [3.63, 3.8) is 0 Å². The maximum atomic E-state index is 12.7. The Bertz CT molecular complexity index is 1090. The van der Waals surface area contributed by atoms with Crippen molar-refractivity contribution in [3.05, 3.63) is 36.5 Å². The lowest BCUT2D eigenvalue weighted by atomic mass is 10.0. The third-order valence-corrected chi connectivity index (χ3v) is 12.4. The summed E-state index contributed by atoms with van der Waals surface area (Å²) in [4.78, 5) is 23.0. The molecule has 2 atom stereocenters. The van der Waals surface area contributed by atoms with Crippen LogP contribution in [0.3, 0.4) is 0 Å². The van der Waals surface area contributed by atoms with Crippen LogP contribution in [0.25, 0.3) is 0 Å². The monoisotopic (exact) mass is 897 g/mol. The van der Waals surface area contributed by atoms with Gasteiger partial charge in [-0.25, -0.2) is 4.57 Å². The molecule has 0 aliphatic heterocycles. The first kappa shape index (κ1) is 60.7. The third-order valence-electron chi connectivity index (χ3n) is 11.4. The molecule has 0 rings (SSSR count). The summed E-state index contributed by atoms with van der Waals surface area (Å²) >= 11 is 0. The average Bonchev–Trinajstić information content (AvgIpc) is 3.23. The van der Waals surface area contributed by atoms with Crippen LogP contribution < -0.4 is 0 Å². The first-order valence-corrected chi connectivity index (χ1v) is 27.7. The molecule has 0 saturated heterocycles. The van der Waals surface area contributed by atoms with Crippen molar-refractivity contribution in [2.75, 3.05) is 54.1 Å². The number of likely N-dealkylation sites (N-methyl/N-ethyl adjacent to an activating group) is 1. The topological polar surface area (TPSA) is 91.3 Å². The molecule has 0 aromatic heterocycles. The fourth-order valence-corrected chi connectivity index (χ4v) is 8.09. The Hall–Kier alpha value is -1.28. The van der Waals surface area contributed by atoms with Crippen LogP contribution in [-0.4, -0.2) is 75.6 Å². The lowest BCUT2D eigenvalue weighted by Crippen LogP contribution is -2.37. The summed E-state index contributed by atoms with van der Waals surface area (Å²) in [5.41, 5.74) is 0. The maximum Gasteiger partial charge on any atom is 0.472 e. The Kier molecular flexibility index (Phi) is 45.3. The lowest BCUT2D eigenvalue weighted by molar-refractivity contribution is -0.870. The van der Waals surface area contributed by atoms with E-state index in [1.165, 1.54) is 167 Å². The number of hydrogen-bond donors (Lipinski definition) is 1.